The number of aromatic amines is 1. The summed E-state index contributed by atoms with van der Waals surface area (Å²) in [7, 11) is 0. The number of para-hydroxylation sites is 1. The molecule has 5 nitrogen and oxygen atoms in total. The van der Waals surface area contributed by atoms with E-state index >= 15 is 0 Å². The number of fused-ring (bicyclic) bond motifs is 2. The molecule has 0 unspecified atom stereocenters. The molecule has 0 aliphatic carbocycles. The number of carbonyl (C=O) groups excluding carboxylic acids is 2. The molecule has 0 saturated carbocycles. The number of H-pyrrole nitrogens is 1. The van der Waals surface area contributed by atoms with Crippen molar-refractivity contribution in [1.29, 1.82) is 0 Å². The number of amides is 2. The molecular formula is C21H25N3O2. The first kappa shape index (κ1) is 16.9. The number of carbonyl (C=O) groups is 2. The van der Waals surface area contributed by atoms with Crippen molar-refractivity contribution >= 4 is 22.7 Å². The number of aromatic nitrogens is 1. The van der Waals surface area contributed by atoms with Crippen LogP contribution in [0.5, 0.6) is 0 Å². The lowest BCUT2D eigenvalue weighted by Gasteiger charge is -2.42. The van der Waals surface area contributed by atoms with Gasteiger partial charge in [0.05, 0.1) is 0 Å². The van der Waals surface area contributed by atoms with Crippen LogP contribution in [-0.2, 0) is 16.0 Å². The van der Waals surface area contributed by atoms with Crippen LogP contribution in [0.3, 0.4) is 0 Å². The zero-order chi connectivity index (χ0) is 18.3. The lowest BCUT2D eigenvalue weighted by molar-refractivity contribution is -0.158. The molecule has 2 saturated heterocycles. The highest BCUT2D eigenvalue weighted by molar-refractivity contribution is 5.98. The average Bonchev–Trinajstić information content (AvgIpc) is 3.26. The lowest BCUT2D eigenvalue weighted by atomic mass is 9.98. The van der Waals surface area contributed by atoms with Gasteiger partial charge in [-0.2, -0.15) is 0 Å². The zero-order valence-corrected chi connectivity index (χ0v) is 15.4. The van der Waals surface area contributed by atoms with Crippen LogP contribution in [0, 0.1) is 0 Å². The summed E-state index contributed by atoms with van der Waals surface area (Å²) in [6.07, 6.45) is 6.26. The molecular weight excluding hydrogens is 326 g/mol. The van der Waals surface area contributed by atoms with E-state index in [0.717, 1.165) is 34.9 Å². The highest BCUT2D eigenvalue weighted by Gasteiger charge is 2.47. The van der Waals surface area contributed by atoms with Crippen LogP contribution in [0.1, 0.15) is 32.3 Å². The van der Waals surface area contributed by atoms with Crippen molar-refractivity contribution in [2.24, 2.45) is 0 Å². The molecule has 2 atom stereocenters. The van der Waals surface area contributed by atoms with Gasteiger partial charge in [-0.25, -0.2) is 0 Å². The molecule has 2 amide bonds. The SMILES string of the molecule is CC(C)=CCN1C(=O)[C@H]2CCCN2C(=O)[C@H]1Cc1c[nH]c2ccccc12. The van der Waals surface area contributed by atoms with E-state index in [4.69, 9.17) is 0 Å². The van der Waals surface area contributed by atoms with Gasteiger partial charge in [0, 0.05) is 36.6 Å². The van der Waals surface area contributed by atoms with Gasteiger partial charge in [-0.15, -0.1) is 0 Å². The molecule has 3 heterocycles. The van der Waals surface area contributed by atoms with Crippen molar-refractivity contribution in [1.82, 2.24) is 14.8 Å². The Balaban J connectivity index is 1.68. The predicted octanol–water partition coefficient (Wildman–Crippen LogP) is 2.88. The van der Waals surface area contributed by atoms with Gasteiger partial charge in [-0.05, 0) is 38.3 Å². The summed E-state index contributed by atoms with van der Waals surface area (Å²) in [5, 5.41) is 1.12. The summed E-state index contributed by atoms with van der Waals surface area (Å²) in [4.78, 5) is 33.1. The Kier molecular flexibility index (Phi) is 4.31. The maximum absolute atomic E-state index is 13.2. The minimum Gasteiger partial charge on any atom is -0.361 e. The topological polar surface area (TPSA) is 56.4 Å². The lowest BCUT2D eigenvalue weighted by Crippen LogP contribution is -2.63. The minimum atomic E-state index is -0.424. The van der Waals surface area contributed by atoms with Gasteiger partial charge in [0.25, 0.3) is 0 Å². The second-order valence-electron chi connectivity index (χ2n) is 7.54. The van der Waals surface area contributed by atoms with Crippen molar-refractivity contribution in [3.05, 3.63) is 47.7 Å². The first-order valence-electron chi connectivity index (χ1n) is 9.35. The fraction of sp³-hybridized carbons (Fsp3) is 0.429. The van der Waals surface area contributed by atoms with Gasteiger partial charge in [0.2, 0.25) is 11.8 Å². The summed E-state index contributed by atoms with van der Waals surface area (Å²) in [5.41, 5.74) is 3.31. The molecule has 0 bridgehead atoms. The van der Waals surface area contributed by atoms with E-state index in [-0.39, 0.29) is 17.9 Å². The Morgan fingerprint density at radius 3 is 2.85 bits per heavy atom. The van der Waals surface area contributed by atoms with Gasteiger partial charge >= 0.3 is 0 Å². The third-order valence-electron chi connectivity index (χ3n) is 5.55. The van der Waals surface area contributed by atoms with Crippen molar-refractivity contribution in [2.75, 3.05) is 13.1 Å². The Morgan fingerprint density at radius 1 is 1.23 bits per heavy atom. The van der Waals surface area contributed by atoms with Crippen molar-refractivity contribution < 1.29 is 9.59 Å². The molecule has 2 fully saturated rings. The van der Waals surface area contributed by atoms with E-state index in [0.29, 0.717) is 19.5 Å². The largest absolute Gasteiger partial charge is 0.361 e. The van der Waals surface area contributed by atoms with Gasteiger partial charge in [-0.3, -0.25) is 9.59 Å². The number of nitrogens with one attached hydrogen (secondary N) is 1. The van der Waals surface area contributed by atoms with Gasteiger partial charge in [0.15, 0.2) is 0 Å². The summed E-state index contributed by atoms with van der Waals surface area (Å²) >= 11 is 0. The van der Waals surface area contributed by atoms with Gasteiger partial charge in [-0.1, -0.05) is 29.8 Å². The third kappa shape index (κ3) is 2.81. The van der Waals surface area contributed by atoms with Gasteiger partial charge < -0.3 is 14.8 Å². The molecule has 2 aliphatic rings. The fourth-order valence-corrected chi connectivity index (χ4v) is 4.16. The molecule has 1 aromatic heterocycles. The van der Waals surface area contributed by atoms with Crippen LogP contribution in [0.25, 0.3) is 10.9 Å². The van der Waals surface area contributed by atoms with Gasteiger partial charge in [0.1, 0.15) is 12.1 Å². The standard InChI is InChI=1S/C21H25N3O2/c1-14(2)9-11-24-19(21(26)23-10-5-8-18(23)20(24)25)12-15-13-22-17-7-4-3-6-16(15)17/h3-4,6-7,9,13,18-19,22H,5,8,10-12H2,1-2H3/t18-,19-/m1/s1. The van der Waals surface area contributed by atoms with Crippen LogP contribution < -0.4 is 0 Å². The van der Waals surface area contributed by atoms with E-state index in [2.05, 4.69) is 11.1 Å². The number of benzene rings is 1. The quantitative estimate of drug-likeness (QED) is 0.861. The second-order valence-corrected chi connectivity index (χ2v) is 7.54. The summed E-state index contributed by atoms with van der Waals surface area (Å²) in [6.45, 7) is 5.25. The molecule has 1 N–H and O–H groups in total. The van der Waals surface area contributed by atoms with E-state index in [9.17, 15) is 9.59 Å². The Bertz CT molecular complexity index is 878. The monoisotopic (exact) mass is 351 g/mol. The molecule has 26 heavy (non-hydrogen) atoms. The molecule has 0 spiro atoms. The van der Waals surface area contributed by atoms with Crippen LogP contribution in [0.15, 0.2) is 42.1 Å². The van der Waals surface area contributed by atoms with Crippen molar-refractivity contribution in [2.45, 2.75) is 45.2 Å². The number of rotatable bonds is 4. The molecule has 136 valence electrons. The average molecular weight is 351 g/mol. The zero-order valence-electron chi connectivity index (χ0n) is 15.4. The van der Waals surface area contributed by atoms with Crippen LogP contribution in [0.4, 0.5) is 0 Å². The number of allylic oxidation sites excluding steroid dienone is 1. The van der Waals surface area contributed by atoms with E-state index < -0.39 is 6.04 Å². The molecule has 2 aromatic rings. The summed E-state index contributed by atoms with van der Waals surface area (Å²) in [5.74, 6) is 0.198. The molecule has 0 radical (unpaired) electrons. The van der Waals surface area contributed by atoms with Crippen molar-refractivity contribution in [3.8, 4) is 0 Å². The van der Waals surface area contributed by atoms with E-state index in [1.807, 2.05) is 44.3 Å². The Morgan fingerprint density at radius 2 is 2.04 bits per heavy atom. The highest BCUT2D eigenvalue weighted by Crippen LogP contribution is 2.30. The number of nitrogens with zero attached hydrogens (tertiary/aromatic N) is 2. The van der Waals surface area contributed by atoms with E-state index in [1.165, 1.54) is 0 Å². The Hall–Kier alpha value is -2.56. The summed E-state index contributed by atoms with van der Waals surface area (Å²) in [6, 6.07) is 7.41. The molecule has 5 heteroatoms. The maximum Gasteiger partial charge on any atom is 0.246 e. The van der Waals surface area contributed by atoms with Crippen molar-refractivity contribution in [3.63, 3.8) is 0 Å². The van der Waals surface area contributed by atoms with E-state index in [1.54, 1.807) is 9.80 Å². The predicted molar refractivity (Wildman–Crippen MR) is 102 cm³/mol. The first-order valence-corrected chi connectivity index (χ1v) is 9.35. The normalized spacial score (nSPS) is 22.8. The highest BCUT2D eigenvalue weighted by atomic mass is 16.2. The Labute approximate surface area is 153 Å². The number of hydrogen-bond acceptors (Lipinski definition) is 2. The first-order chi connectivity index (χ1) is 12.6. The number of piperazine rings is 1. The van der Waals surface area contributed by atoms with Crippen LogP contribution in [0.2, 0.25) is 0 Å². The fourth-order valence-electron chi connectivity index (χ4n) is 4.16. The maximum atomic E-state index is 13.2. The molecule has 4 rings (SSSR count). The van der Waals surface area contributed by atoms with Crippen LogP contribution in [-0.4, -0.2) is 51.8 Å². The second kappa shape index (κ2) is 6.63. The number of hydrogen-bond donors (Lipinski definition) is 1. The minimum absolute atomic E-state index is 0.0968. The third-order valence-corrected chi connectivity index (χ3v) is 5.55. The smallest absolute Gasteiger partial charge is 0.246 e. The van der Waals surface area contributed by atoms with Crippen LogP contribution >= 0.6 is 0 Å². The molecule has 1 aromatic carbocycles. The molecule has 2 aliphatic heterocycles. The summed E-state index contributed by atoms with van der Waals surface area (Å²) < 4.78 is 0.